The van der Waals surface area contributed by atoms with Crippen LogP contribution >= 0.6 is 15.9 Å². The van der Waals surface area contributed by atoms with Gasteiger partial charge < -0.3 is 19.5 Å². The summed E-state index contributed by atoms with van der Waals surface area (Å²) in [4.78, 5) is 35.2. The molecular weight excluding hydrogens is 470 g/mol. The normalized spacial score (nSPS) is 10.4. The van der Waals surface area contributed by atoms with Crippen molar-refractivity contribution < 1.29 is 28.6 Å². The number of hydrogen-bond donors (Lipinski definition) is 2. The maximum absolute atomic E-state index is 12.0. The summed E-state index contributed by atoms with van der Waals surface area (Å²) in [6.07, 6.45) is 1.02. The summed E-state index contributed by atoms with van der Waals surface area (Å²) in [5.74, 6) is -0.450. The number of esters is 1. The van der Waals surface area contributed by atoms with E-state index in [1.165, 1.54) is 13.3 Å². The second-order valence-electron chi connectivity index (χ2n) is 6.03. The number of benzene rings is 2. The molecule has 2 N–H and O–H groups in total. The van der Waals surface area contributed by atoms with Gasteiger partial charge in [0.25, 0.3) is 0 Å². The van der Waals surface area contributed by atoms with Crippen molar-refractivity contribution in [3.8, 4) is 11.5 Å². The summed E-state index contributed by atoms with van der Waals surface area (Å²) in [5.41, 5.74) is 3.48. The van der Waals surface area contributed by atoms with Gasteiger partial charge in [0.1, 0.15) is 17.9 Å². The quantitative estimate of drug-likeness (QED) is 0.228. The minimum atomic E-state index is -0.565. The third kappa shape index (κ3) is 8.47. The molecule has 0 spiro atoms. The zero-order chi connectivity index (χ0) is 22.6. The van der Waals surface area contributed by atoms with Crippen molar-refractivity contribution in [3.63, 3.8) is 0 Å². The highest BCUT2D eigenvalue weighted by Crippen LogP contribution is 2.25. The molecule has 9 nitrogen and oxygen atoms in total. The molecule has 0 unspecified atom stereocenters. The number of nitrogens with zero attached hydrogens (tertiary/aromatic N) is 1. The zero-order valence-electron chi connectivity index (χ0n) is 17.0. The molecule has 0 heterocycles. The molecule has 10 heteroatoms. The average molecular weight is 492 g/mol. The Morgan fingerprint density at radius 1 is 1.13 bits per heavy atom. The number of hydrazone groups is 1. The van der Waals surface area contributed by atoms with Crippen LogP contribution in [-0.2, 0) is 19.1 Å². The number of ether oxygens (including phenoxy) is 3. The predicted molar refractivity (Wildman–Crippen MR) is 118 cm³/mol. The van der Waals surface area contributed by atoms with E-state index in [9.17, 15) is 14.4 Å². The Morgan fingerprint density at radius 3 is 2.65 bits per heavy atom. The van der Waals surface area contributed by atoms with Gasteiger partial charge in [0, 0.05) is 11.8 Å². The van der Waals surface area contributed by atoms with Crippen molar-refractivity contribution in [2.75, 3.05) is 25.6 Å². The lowest BCUT2D eigenvalue weighted by molar-refractivity contribution is -0.145. The monoisotopic (exact) mass is 491 g/mol. The van der Waals surface area contributed by atoms with E-state index in [1.807, 2.05) is 0 Å². The molecule has 0 saturated carbocycles. The van der Waals surface area contributed by atoms with Crippen LogP contribution in [0.2, 0.25) is 0 Å². The summed E-state index contributed by atoms with van der Waals surface area (Å²) in [6.45, 7) is 1.80. The molecule has 2 amide bonds. The third-order valence-electron chi connectivity index (χ3n) is 3.68. The van der Waals surface area contributed by atoms with Crippen molar-refractivity contribution in [3.05, 3.63) is 52.5 Å². The van der Waals surface area contributed by atoms with Crippen molar-refractivity contribution in [2.45, 2.75) is 13.3 Å². The molecule has 0 radical (unpaired) electrons. The summed E-state index contributed by atoms with van der Waals surface area (Å²) >= 11 is 3.34. The van der Waals surface area contributed by atoms with Crippen LogP contribution in [0.3, 0.4) is 0 Å². The number of nitrogens with one attached hydrogen (secondary N) is 2. The molecular formula is C21H22BrN3O6. The Morgan fingerprint density at radius 2 is 1.94 bits per heavy atom. The molecule has 164 valence electrons. The van der Waals surface area contributed by atoms with Gasteiger partial charge in [0.15, 0.2) is 6.61 Å². The van der Waals surface area contributed by atoms with Crippen molar-refractivity contribution in [1.29, 1.82) is 0 Å². The smallest absolute Gasteiger partial charge is 0.344 e. The van der Waals surface area contributed by atoms with E-state index >= 15 is 0 Å². The second-order valence-corrected chi connectivity index (χ2v) is 6.89. The van der Waals surface area contributed by atoms with Crippen molar-refractivity contribution in [2.24, 2.45) is 5.10 Å². The highest BCUT2D eigenvalue weighted by Gasteiger charge is 2.10. The molecule has 2 aromatic rings. The zero-order valence-corrected chi connectivity index (χ0v) is 18.6. The highest BCUT2D eigenvalue weighted by molar-refractivity contribution is 9.10. The summed E-state index contributed by atoms with van der Waals surface area (Å²) in [6, 6.07) is 11.8. The number of anilines is 1. The van der Waals surface area contributed by atoms with Crippen LogP contribution in [-0.4, -0.2) is 44.3 Å². The number of carbonyl (C=O) groups is 3. The number of amides is 2. The maximum Gasteiger partial charge on any atom is 0.344 e. The van der Waals surface area contributed by atoms with Gasteiger partial charge >= 0.3 is 5.97 Å². The maximum atomic E-state index is 12.0. The molecule has 2 aromatic carbocycles. The fourth-order valence-corrected chi connectivity index (χ4v) is 2.83. The molecule has 0 aliphatic heterocycles. The number of halogens is 1. The summed E-state index contributed by atoms with van der Waals surface area (Å²) < 4.78 is 15.8. The second kappa shape index (κ2) is 12.3. The fraction of sp³-hybridized carbons (Fsp3) is 0.238. The van der Waals surface area contributed by atoms with Crippen LogP contribution in [0.5, 0.6) is 11.5 Å². The number of rotatable bonds is 10. The van der Waals surface area contributed by atoms with Gasteiger partial charge in [0.2, 0.25) is 11.8 Å². The molecule has 0 aromatic heterocycles. The Bertz CT molecular complexity index is 964. The largest absolute Gasteiger partial charge is 0.497 e. The van der Waals surface area contributed by atoms with Crippen LogP contribution in [0.4, 0.5) is 5.69 Å². The first kappa shape index (κ1) is 23.9. The van der Waals surface area contributed by atoms with E-state index in [0.29, 0.717) is 27.2 Å². The molecule has 0 fully saturated rings. The molecule has 0 bridgehead atoms. The van der Waals surface area contributed by atoms with Crippen LogP contribution in [0.25, 0.3) is 0 Å². The molecule has 0 atom stereocenters. The van der Waals surface area contributed by atoms with E-state index in [4.69, 9.17) is 14.2 Å². The Labute approximate surface area is 187 Å². The number of methoxy groups -OCH3 is 1. The SMILES string of the molecule is CCOC(=O)COc1ccc(C=NNC(=O)CC(=O)Nc2cccc(OC)c2)cc1Br. The van der Waals surface area contributed by atoms with Gasteiger partial charge in [-0.3, -0.25) is 9.59 Å². The van der Waals surface area contributed by atoms with Crippen molar-refractivity contribution in [1.82, 2.24) is 5.43 Å². The summed E-state index contributed by atoms with van der Waals surface area (Å²) in [7, 11) is 1.52. The van der Waals surface area contributed by atoms with E-state index in [-0.39, 0.29) is 19.6 Å². The van der Waals surface area contributed by atoms with E-state index in [1.54, 1.807) is 49.4 Å². The first-order valence-corrected chi connectivity index (χ1v) is 10.0. The lowest BCUT2D eigenvalue weighted by atomic mass is 10.2. The van der Waals surface area contributed by atoms with E-state index in [0.717, 1.165) is 0 Å². The highest BCUT2D eigenvalue weighted by atomic mass is 79.9. The van der Waals surface area contributed by atoms with Gasteiger partial charge in [-0.1, -0.05) is 6.07 Å². The lowest BCUT2D eigenvalue weighted by Crippen LogP contribution is -2.24. The van der Waals surface area contributed by atoms with Gasteiger partial charge in [-0.05, 0) is 58.7 Å². The third-order valence-corrected chi connectivity index (χ3v) is 4.30. The Kier molecular flexibility index (Phi) is 9.50. The fourth-order valence-electron chi connectivity index (χ4n) is 2.32. The minimum absolute atomic E-state index is 0.201. The van der Waals surface area contributed by atoms with Gasteiger partial charge in [-0.2, -0.15) is 5.10 Å². The van der Waals surface area contributed by atoms with E-state index in [2.05, 4.69) is 31.8 Å². The molecule has 0 saturated heterocycles. The Balaban J connectivity index is 1.81. The van der Waals surface area contributed by atoms with Crippen LogP contribution in [0, 0.1) is 0 Å². The molecule has 0 aliphatic rings. The molecule has 0 aliphatic carbocycles. The number of carbonyl (C=O) groups excluding carboxylic acids is 3. The predicted octanol–water partition coefficient (Wildman–Crippen LogP) is 2.88. The van der Waals surface area contributed by atoms with Gasteiger partial charge in [-0.25, -0.2) is 10.2 Å². The average Bonchev–Trinajstić information content (AvgIpc) is 2.73. The van der Waals surface area contributed by atoms with Crippen LogP contribution < -0.4 is 20.2 Å². The van der Waals surface area contributed by atoms with E-state index < -0.39 is 17.8 Å². The minimum Gasteiger partial charge on any atom is -0.497 e. The number of hydrogen-bond acceptors (Lipinski definition) is 7. The first-order chi connectivity index (χ1) is 14.9. The van der Waals surface area contributed by atoms with Crippen LogP contribution in [0.1, 0.15) is 18.9 Å². The summed E-state index contributed by atoms with van der Waals surface area (Å²) in [5, 5.41) is 6.45. The van der Waals surface area contributed by atoms with Crippen molar-refractivity contribution >= 4 is 45.6 Å². The topological polar surface area (TPSA) is 115 Å². The first-order valence-electron chi connectivity index (χ1n) is 9.25. The molecule has 31 heavy (non-hydrogen) atoms. The van der Waals surface area contributed by atoms with Crippen LogP contribution in [0.15, 0.2) is 52.0 Å². The molecule has 2 rings (SSSR count). The van der Waals surface area contributed by atoms with Gasteiger partial charge in [-0.15, -0.1) is 0 Å². The Hall–Kier alpha value is -3.40. The van der Waals surface area contributed by atoms with Gasteiger partial charge in [0.05, 0.1) is 24.4 Å². The standard InChI is InChI=1S/C21H22BrN3O6/c1-3-30-21(28)13-31-18-8-7-14(9-17(18)22)12-23-25-20(27)11-19(26)24-15-5-4-6-16(10-15)29-2/h4-10,12H,3,11,13H2,1-2H3,(H,24,26)(H,25,27). The lowest BCUT2D eigenvalue weighted by Gasteiger charge is -2.08.